The zero-order valence-corrected chi connectivity index (χ0v) is 22.9. The van der Waals surface area contributed by atoms with Gasteiger partial charge in [-0.1, -0.05) is 66.7 Å². The lowest BCUT2D eigenvalue weighted by Crippen LogP contribution is -2.44. The van der Waals surface area contributed by atoms with Crippen LogP contribution in [0.15, 0.2) is 91.0 Å². The number of hydrogen-bond acceptors (Lipinski definition) is 9. The lowest BCUT2D eigenvalue weighted by atomic mass is 10.2. The van der Waals surface area contributed by atoms with Crippen molar-refractivity contribution in [3.63, 3.8) is 0 Å². The Bertz CT molecular complexity index is 1190. The van der Waals surface area contributed by atoms with Gasteiger partial charge in [-0.05, 0) is 50.6 Å². The fraction of sp³-hybridized carbons (Fsp3) is 0.286. The van der Waals surface area contributed by atoms with E-state index < -0.39 is 38.1 Å². The summed E-state index contributed by atoms with van der Waals surface area (Å²) in [6.07, 6.45) is -1.61. The van der Waals surface area contributed by atoms with Crippen LogP contribution in [0.3, 0.4) is 0 Å². The Morgan fingerprint density at radius 1 is 0.846 bits per heavy atom. The van der Waals surface area contributed by atoms with Crippen LogP contribution in [0.4, 0.5) is 4.79 Å². The lowest BCUT2D eigenvalue weighted by Gasteiger charge is -2.33. The molecule has 39 heavy (non-hydrogen) atoms. The highest BCUT2D eigenvalue weighted by Crippen LogP contribution is 2.54. The summed E-state index contributed by atoms with van der Waals surface area (Å²) in [6.45, 7) is 4.16. The maximum Gasteiger partial charge on any atom is 0.549 e. The van der Waals surface area contributed by atoms with Gasteiger partial charge in [0.25, 0.3) is 0 Å². The number of rotatable bonds is 12. The van der Waals surface area contributed by atoms with E-state index in [-0.39, 0.29) is 24.5 Å². The first-order valence-electron chi connectivity index (χ1n) is 12.2. The van der Waals surface area contributed by atoms with E-state index in [1.807, 2.05) is 6.07 Å². The van der Waals surface area contributed by atoms with E-state index in [4.69, 9.17) is 23.4 Å². The number of aliphatic hydroxyl groups is 1. The van der Waals surface area contributed by atoms with Crippen molar-refractivity contribution in [2.75, 3.05) is 6.61 Å². The standard InChI is InChI=1S/C28H32NO9P/c1-28(2,3)35-27(32)36-29(25(19-20-30)26(31)34-21-22-13-7-4-8-14-22)39(33,37-23-15-9-5-10-16-23)38-24-17-11-6-12-18-24/h4-18,25,30H,19-21H2,1-3H3. The van der Waals surface area contributed by atoms with Crippen LogP contribution in [-0.4, -0.2) is 40.3 Å². The Morgan fingerprint density at radius 3 is 1.79 bits per heavy atom. The van der Waals surface area contributed by atoms with E-state index in [9.17, 15) is 19.3 Å². The quantitative estimate of drug-likeness (QED) is 0.163. The molecule has 3 aromatic carbocycles. The van der Waals surface area contributed by atoms with Gasteiger partial charge in [0.1, 0.15) is 23.7 Å². The van der Waals surface area contributed by atoms with Gasteiger partial charge in [-0.3, -0.25) is 4.79 Å². The number of benzene rings is 3. The van der Waals surface area contributed by atoms with Crippen LogP contribution in [-0.2, 0) is 30.3 Å². The number of carbonyl (C=O) groups is 2. The Hall–Kier alpha value is -3.85. The fourth-order valence-electron chi connectivity index (χ4n) is 3.22. The second-order valence-electron chi connectivity index (χ2n) is 9.26. The molecule has 0 radical (unpaired) electrons. The van der Waals surface area contributed by atoms with Gasteiger partial charge in [-0.25, -0.2) is 9.36 Å². The molecule has 0 bridgehead atoms. The molecule has 0 aliphatic rings. The number of ether oxygens (including phenoxy) is 2. The van der Waals surface area contributed by atoms with Crippen molar-refractivity contribution in [1.29, 1.82) is 0 Å². The topological polar surface area (TPSA) is 121 Å². The van der Waals surface area contributed by atoms with Crippen LogP contribution >= 0.6 is 7.75 Å². The molecule has 0 saturated carbocycles. The van der Waals surface area contributed by atoms with Gasteiger partial charge in [0, 0.05) is 17.9 Å². The van der Waals surface area contributed by atoms with Gasteiger partial charge in [0.2, 0.25) is 0 Å². The van der Waals surface area contributed by atoms with Crippen molar-refractivity contribution in [2.45, 2.75) is 45.4 Å². The van der Waals surface area contributed by atoms with Gasteiger partial charge < -0.3 is 28.5 Å². The number of hydroxylamine groups is 1. The molecule has 1 N–H and O–H groups in total. The highest BCUT2D eigenvalue weighted by atomic mass is 31.2. The average Bonchev–Trinajstić information content (AvgIpc) is 2.90. The SMILES string of the molecule is CC(C)(C)OC(=O)ON(C(CCO)C(=O)OCc1ccccc1)P(=O)(Oc1ccccc1)Oc1ccccc1. The third-order valence-corrected chi connectivity index (χ3v) is 6.62. The van der Waals surface area contributed by atoms with Gasteiger partial charge in [0.05, 0.1) is 0 Å². The predicted molar refractivity (Wildman–Crippen MR) is 143 cm³/mol. The largest absolute Gasteiger partial charge is 0.549 e. The Balaban J connectivity index is 2.03. The number of nitrogens with zero attached hydrogens (tertiary/aromatic N) is 1. The highest BCUT2D eigenvalue weighted by molar-refractivity contribution is 7.52. The number of esters is 1. The molecule has 0 heterocycles. The van der Waals surface area contributed by atoms with Crippen molar-refractivity contribution in [1.82, 2.24) is 4.83 Å². The van der Waals surface area contributed by atoms with E-state index in [1.165, 1.54) is 24.3 Å². The summed E-state index contributed by atoms with van der Waals surface area (Å²) in [7, 11) is -4.73. The van der Waals surface area contributed by atoms with Crippen molar-refractivity contribution >= 4 is 19.9 Å². The van der Waals surface area contributed by atoms with Crippen LogP contribution in [0.2, 0.25) is 0 Å². The Labute approximate surface area is 227 Å². The zero-order chi connectivity index (χ0) is 28.3. The maximum atomic E-state index is 14.5. The molecule has 3 aromatic rings. The van der Waals surface area contributed by atoms with Gasteiger partial charge in [-0.15, -0.1) is 0 Å². The van der Waals surface area contributed by atoms with Crippen molar-refractivity contribution < 1.29 is 42.6 Å². The van der Waals surface area contributed by atoms with Crippen LogP contribution in [0.5, 0.6) is 11.5 Å². The third kappa shape index (κ3) is 9.44. The molecular weight excluding hydrogens is 525 g/mol. The number of carbonyl (C=O) groups excluding carboxylic acids is 2. The summed E-state index contributed by atoms with van der Waals surface area (Å²) < 4.78 is 36.8. The van der Waals surface area contributed by atoms with E-state index in [2.05, 4.69) is 0 Å². The van der Waals surface area contributed by atoms with Crippen LogP contribution in [0, 0.1) is 0 Å². The number of aliphatic hydroxyl groups excluding tert-OH is 1. The summed E-state index contributed by atoms with van der Waals surface area (Å²) in [5.41, 5.74) is -0.286. The minimum atomic E-state index is -4.73. The summed E-state index contributed by atoms with van der Waals surface area (Å²) in [4.78, 5) is 32.0. The highest BCUT2D eigenvalue weighted by Gasteiger charge is 2.49. The summed E-state index contributed by atoms with van der Waals surface area (Å²) >= 11 is 0. The van der Waals surface area contributed by atoms with Gasteiger partial charge in [0.15, 0.2) is 6.04 Å². The molecule has 208 valence electrons. The van der Waals surface area contributed by atoms with Gasteiger partial charge >= 0.3 is 19.9 Å². The summed E-state index contributed by atoms with van der Waals surface area (Å²) in [6, 6.07) is 23.4. The van der Waals surface area contributed by atoms with E-state index in [0.717, 1.165) is 0 Å². The molecule has 0 fully saturated rings. The minimum absolute atomic E-state index is 0.106. The molecule has 0 aliphatic carbocycles. The van der Waals surface area contributed by atoms with Crippen LogP contribution in [0.1, 0.15) is 32.8 Å². The molecule has 0 amide bonds. The number of para-hydroxylation sites is 2. The van der Waals surface area contributed by atoms with Crippen molar-refractivity contribution in [3.8, 4) is 11.5 Å². The van der Waals surface area contributed by atoms with E-state index in [1.54, 1.807) is 81.4 Å². The molecule has 11 heteroatoms. The first-order valence-corrected chi connectivity index (χ1v) is 13.7. The average molecular weight is 558 g/mol. The van der Waals surface area contributed by atoms with Crippen LogP contribution < -0.4 is 9.05 Å². The van der Waals surface area contributed by atoms with E-state index >= 15 is 0 Å². The van der Waals surface area contributed by atoms with Crippen molar-refractivity contribution in [2.24, 2.45) is 0 Å². The third-order valence-electron chi connectivity index (χ3n) is 4.89. The second kappa shape index (κ2) is 13.8. The monoisotopic (exact) mass is 557 g/mol. The lowest BCUT2D eigenvalue weighted by molar-refractivity contribution is -0.169. The fourth-order valence-corrected chi connectivity index (χ4v) is 4.92. The zero-order valence-electron chi connectivity index (χ0n) is 22.0. The predicted octanol–water partition coefficient (Wildman–Crippen LogP) is 5.92. The molecule has 0 aromatic heterocycles. The smallest absolute Gasteiger partial charge is 0.460 e. The molecule has 10 nitrogen and oxygen atoms in total. The first kappa shape index (κ1) is 29.7. The minimum Gasteiger partial charge on any atom is -0.460 e. The van der Waals surface area contributed by atoms with Crippen molar-refractivity contribution in [3.05, 3.63) is 96.6 Å². The van der Waals surface area contributed by atoms with Gasteiger partial charge in [-0.2, -0.15) is 0 Å². The maximum absolute atomic E-state index is 14.5. The van der Waals surface area contributed by atoms with E-state index in [0.29, 0.717) is 10.4 Å². The van der Waals surface area contributed by atoms with Crippen LogP contribution in [0.25, 0.3) is 0 Å². The molecule has 0 aliphatic heterocycles. The molecular formula is C28H32NO9P. The molecule has 0 spiro atoms. The summed E-state index contributed by atoms with van der Waals surface area (Å²) in [5, 5.41) is 9.81. The first-order chi connectivity index (χ1) is 18.6. The molecule has 3 rings (SSSR count). The molecule has 0 saturated heterocycles. The number of hydrogen-bond donors (Lipinski definition) is 1. The Kier molecular flexibility index (Phi) is 10.5. The summed E-state index contributed by atoms with van der Waals surface area (Å²) in [5.74, 6) is -0.727. The Morgan fingerprint density at radius 2 is 1.33 bits per heavy atom. The second-order valence-corrected chi connectivity index (χ2v) is 11.0. The molecule has 1 atom stereocenters. The normalized spacial score (nSPS) is 12.3. The molecule has 1 unspecified atom stereocenters.